The number of para-hydroxylation sites is 2. The molecule has 21 heavy (non-hydrogen) atoms. The summed E-state index contributed by atoms with van der Waals surface area (Å²) in [7, 11) is 0. The van der Waals surface area contributed by atoms with Crippen LogP contribution in [-0.2, 0) is 5.41 Å². The van der Waals surface area contributed by atoms with E-state index in [1.807, 2.05) is 0 Å². The summed E-state index contributed by atoms with van der Waals surface area (Å²) in [6.45, 7) is 1.14. The van der Waals surface area contributed by atoms with Gasteiger partial charge in [0.25, 0.3) is 0 Å². The molecule has 1 aliphatic rings. The molecule has 1 aliphatic heterocycles. The molecule has 0 unspecified atom stereocenters. The van der Waals surface area contributed by atoms with Gasteiger partial charge in [-0.15, -0.1) is 0 Å². The van der Waals surface area contributed by atoms with Crippen LogP contribution in [0.3, 0.4) is 0 Å². The van der Waals surface area contributed by atoms with Crippen LogP contribution in [0.2, 0.25) is 0 Å². The van der Waals surface area contributed by atoms with Gasteiger partial charge in [-0.3, -0.25) is 0 Å². The lowest BCUT2D eigenvalue weighted by Gasteiger charge is -2.42. The molecular weight excluding hydrogens is 284 g/mol. The fourth-order valence-electron chi connectivity index (χ4n) is 2.78. The third-order valence-corrected chi connectivity index (χ3v) is 4.01. The summed E-state index contributed by atoms with van der Waals surface area (Å²) >= 11 is 0. The van der Waals surface area contributed by atoms with Gasteiger partial charge in [0.2, 0.25) is 0 Å². The highest BCUT2D eigenvalue weighted by atomic mass is 19.3. The van der Waals surface area contributed by atoms with Crippen LogP contribution >= 0.6 is 0 Å². The van der Waals surface area contributed by atoms with Crippen molar-refractivity contribution in [3.63, 3.8) is 0 Å². The maximum atomic E-state index is 14.4. The van der Waals surface area contributed by atoms with Crippen LogP contribution in [0.4, 0.5) is 17.6 Å². The zero-order chi connectivity index (χ0) is 15.3. The number of alkyl halides is 4. The molecule has 1 heterocycles. The summed E-state index contributed by atoms with van der Waals surface area (Å²) in [6.07, 6.45) is -3.78. The molecule has 0 aromatic heterocycles. The Labute approximate surface area is 119 Å². The number of halogens is 4. The number of rotatable bonds is 2. The number of fused-ring (bicyclic) bond motifs is 2. The highest BCUT2D eigenvalue weighted by Crippen LogP contribution is 2.56. The predicted molar refractivity (Wildman–Crippen MR) is 70.4 cm³/mol. The van der Waals surface area contributed by atoms with Crippen LogP contribution in [-0.4, -0.2) is 12.3 Å². The van der Waals surface area contributed by atoms with Crippen LogP contribution in [0, 0.1) is 0 Å². The van der Waals surface area contributed by atoms with Crippen molar-refractivity contribution in [2.45, 2.75) is 24.7 Å². The topological polar surface area (TPSA) is 9.23 Å². The SMILES string of the molecule is CC1(C(F)(F)C(F)F)c2ccccc2Oc2ccccc21. The minimum absolute atomic E-state index is 0.0639. The van der Waals surface area contributed by atoms with Crippen LogP contribution in [0.15, 0.2) is 48.5 Å². The summed E-state index contributed by atoms with van der Waals surface area (Å²) in [5.74, 6) is -3.86. The summed E-state index contributed by atoms with van der Waals surface area (Å²) in [5.41, 5.74) is -2.02. The van der Waals surface area contributed by atoms with Gasteiger partial charge in [-0.05, 0) is 19.1 Å². The number of ether oxygens (including phenoxy) is 1. The van der Waals surface area contributed by atoms with Crippen molar-refractivity contribution in [3.8, 4) is 11.5 Å². The Bertz CT molecular complexity index is 636. The molecule has 0 saturated carbocycles. The van der Waals surface area contributed by atoms with E-state index >= 15 is 0 Å². The van der Waals surface area contributed by atoms with Gasteiger partial charge in [0.1, 0.15) is 11.5 Å². The van der Waals surface area contributed by atoms with Gasteiger partial charge in [0.05, 0.1) is 5.41 Å². The first-order chi connectivity index (χ1) is 9.89. The average Bonchev–Trinajstić information content (AvgIpc) is 2.47. The van der Waals surface area contributed by atoms with Gasteiger partial charge in [0.15, 0.2) is 0 Å². The molecular formula is C16H12F4O. The average molecular weight is 296 g/mol. The van der Waals surface area contributed by atoms with E-state index in [0.29, 0.717) is 0 Å². The van der Waals surface area contributed by atoms with Gasteiger partial charge < -0.3 is 4.74 Å². The van der Waals surface area contributed by atoms with E-state index in [1.54, 1.807) is 12.1 Å². The first-order valence-electron chi connectivity index (χ1n) is 6.42. The molecule has 0 saturated heterocycles. The zero-order valence-corrected chi connectivity index (χ0v) is 11.1. The maximum absolute atomic E-state index is 14.4. The molecule has 2 aromatic carbocycles. The lowest BCUT2D eigenvalue weighted by molar-refractivity contribution is -0.165. The number of hydrogen-bond acceptors (Lipinski definition) is 1. The van der Waals surface area contributed by atoms with Crippen molar-refractivity contribution in [2.75, 3.05) is 0 Å². The Morgan fingerprint density at radius 2 is 1.33 bits per heavy atom. The minimum atomic E-state index is -4.22. The highest BCUT2D eigenvalue weighted by Gasteiger charge is 2.61. The van der Waals surface area contributed by atoms with Gasteiger partial charge in [0, 0.05) is 11.1 Å². The van der Waals surface area contributed by atoms with E-state index in [0.717, 1.165) is 6.92 Å². The Kier molecular flexibility index (Phi) is 2.97. The minimum Gasteiger partial charge on any atom is -0.457 e. The fourth-order valence-corrected chi connectivity index (χ4v) is 2.78. The zero-order valence-electron chi connectivity index (χ0n) is 11.1. The third-order valence-electron chi connectivity index (χ3n) is 4.01. The van der Waals surface area contributed by atoms with Crippen LogP contribution in [0.25, 0.3) is 0 Å². The molecule has 2 aromatic rings. The largest absolute Gasteiger partial charge is 0.457 e. The van der Waals surface area contributed by atoms with E-state index in [1.165, 1.54) is 36.4 Å². The molecule has 110 valence electrons. The van der Waals surface area contributed by atoms with Gasteiger partial charge >= 0.3 is 12.3 Å². The van der Waals surface area contributed by atoms with E-state index in [2.05, 4.69) is 0 Å². The Balaban J connectivity index is 2.34. The second-order valence-corrected chi connectivity index (χ2v) is 5.14. The summed E-state index contributed by atoms with van der Waals surface area (Å²) in [6, 6.07) is 12.1. The highest BCUT2D eigenvalue weighted by molar-refractivity contribution is 5.58. The first kappa shape index (κ1) is 13.9. The van der Waals surface area contributed by atoms with Crippen LogP contribution < -0.4 is 4.74 Å². The Morgan fingerprint density at radius 3 is 1.76 bits per heavy atom. The molecule has 1 nitrogen and oxygen atoms in total. The Morgan fingerprint density at radius 1 is 0.905 bits per heavy atom. The molecule has 0 spiro atoms. The number of hydrogen-bond donors (Lipinski definition) is 0. The fraction of sp³-hybridized carbons (Fsp3) is 0.250. The molecule has 0 bridgehead atoms. The van der Waals surface area contributed by atoms with Crippen molar-refractivity contribution < 1.29 is 22.3 Å². The third kappa shape index (κ3) is 1.76. The summed E-state index contributed by atoms with van der Waals surface area (Å²) in [5, 5.41) is 0. The second-order valence-electron chi connectivity index (χ2n) is 5.14. The number of benzene rings is 2. The maximum Gasteiger partial charge on any atom is 0.320 e. The molecule has 0 atom stereocenters. The van der Waals surface area contributed by atoms with Gasteiger partial charge in [-0.25, -0.2) is 8.78 Å². The lowest BCUT2D eigenvalue weighted by atomic mass is 9.69. The molecule has 0 aliphatic carbocycles. The molecule has 0 radical (unpaired) electrons. The van der Waals surface area contributed by atoms with Gasteiger partial charge in [-0.1, -0.05) is 36.4 Å². The van der Waals surface area contributed by atoms with E-state index in [4.69, 9.17) is 4.74 Å². The quantitative estimate of drug-likeness (QED) is 0.709. The van der Waals surface area contributed by atoms with Crippen molar-refractivity contribution in [1.82, 2.24) is 0 Å². The summed E-state index contributed by atoms with van der Waals surface area (Å²) < 4.78 is 60.4. The molecule has 0 amide bonds. The van der Waals surface area contributed by atoms with Crippen LogP contribution in [0.1, 0.15) is 18.1 Å². The first-order valence-corrected chi connectivity index (χ1v) is 6.42. The second kappa shape index (κ2) is 4.48. The molecule has 0 fully saturated rings. The van der Waals surface area contributed by atoms with Crippen molar-refractivity contribution in [1.29, 1.82) is 0 Å². The molecule has 5 heteroatoms. The lowest BCUT2D eigenvalue weighted by Crippen LogP contribution is -2.50. The van der Waals surface area contributed by atoms with E-state index in [-0.39, 0.29) is 22.6 Å². The monoisotopic (exact) mass is 296 g/mol. The molecule has 0 N–H and O–H groups in total. The predicted octanol–water partition coefficient (Wildman–Crippen LogP) is 5.00. The smallest absolute Gasteiger partial charge is 0.320 e. The van der Waals surface area contributed by atoms with E-state index < -0.39 is 17.8 Å². The molecule has 3 rings (SSSR count). The standard InChI is InChI=1S/C16H12F4O/c1-15(16(19,20)14(17)18)10-6-2-4-8-12(10)21-13-9-5-3-7-11(13)15/h2-9,14H,1H3. The normalized spacial score (nSPS) is 16.1. The van der Waals surface area contributed by atoms with Crippen molar-refractivity contribution >= 4 is 0 Å². The van der Waals surface area contributed by atoms with Crippen LogP contribution in [0.5, 0.6) is 11.5 Å². The van der Waals surface area contributed by atoms with Crippen molar-refractivity contribution in [3.05, 3.63) is 59.7 Å². The van der Waals surface area contributed by atoms with Gasteiger partial charge in [-0.2, -0.15) is 8.78 Å². The Hall–Kier alpha value is -2.04. The van der Waals surface area contributed by atoms with Crippen molar-refractivity contribution in [2.24, 2.45) is 0 Å². The summed E-state index contributed by atoms with van der Waals surface area (Å²) in [4.78, 5) is 0. The van der Waals surface area contributed by atoms with E-state index in [9.17, 15) is 17.6 Å².